The average molecular weight is 264 g/mol. The van der Waals surface area contributed by atoms with Crippen LogP contribution in [0.5, 0.6) is 0 Å². The van der Waals surface area contributed by atoms with Crippen molar-refractivity contribution in [3.63, 3.8) is 0 Å². The first-order valence-corrected chi connectivity index (χ1v) is 8.70. The predicted molar refractivity (Wildman–Crippen MR) is 81.3 cm³/mol. The minimum atomic E-state index is 0.784. The molecule has 0 aliphatic heterocycles. The molecule has 5 unspecified atom stereocenters. The molecule has 3 aliphatic carbocycles. The number of hydrogen-bond donors (Lipinski definition) is 1. The van der Waals surface area contributed by atoms with Crippen molar-refractivity contribution in [1.29, 1.82) is 0 Å². The van der Waals surface area contributed by atoms with Gasteiger partial charge in [0.2, 0.25) is 0 Å². The lowest BCUT2D eigenvalue weighted by Crippen LogP contribution is -2.44. The maximum Gasteiger partial charge on any atom is 0.0107 e. The molecule has 3 aliphatic rings. The Morgan fingerprint density at radius 1 is 1.05 bits per heavy atom. The van der Waals surface area contributed by atoms with Crippen molar-refractivity contribution in [1.82, 2.24) is 10.2 Å². The van der Waals surface area contributed by atoms with E-state index >= 15 is 0 Å². The Bertz CT molecular complexity index is 289. The standard InChI is InChI=1S/C17H32N2/c1-3-18-16-5-4-6-17(11-16)19(2)12-15-10-13-7-8-14(15)9-13/h13-18H,3-12H2,1-2H3. The Balaban J connectivity index is 1.48. The van der Waals surface area contributed by atoms with E-state index in [1.54, 1.807) is 12.8 Å². The number of nitrogens with zero attached hydrogens (tertiary/aromatic N) is 1. The highest BCUT2D eigenvalue weighted by Gasteiger charge is 2.40. The third kappa shape index (κ3) is 3.16. The third-order valence-corrected chi connectivity index (χ3v) is 6.17. The van der Waals surface area contributed by atoms with E-state index in [0.29, 0.717) is 0 Å². The van der Waals surface area contributed by atoms with Crippen LogP contribution in [0.3, 0.4) is 0 Å². The smallest absolute Gasteiger partial charge is 0.0107 e. The van der Waals surface area contributed by atoms with Gasteiger partial charge in [-0.15, -0.1) is 0 Å². The molecular formula is C17H32N2. The van der Waals surface area contributed by atoms with E-state index in [1.165, 1.54) is 45.1 Å². The van der Waals surface area contributed by atoms with E-state index in [4.69, 9.17) is 0 Å². The van der Waals surface area contributed by atoms with E-state index in [0.717, 1.165) is 36.4 Å². The van der Waals surface area contributed by atoms with E-state index in [9.17, 15) is 0 Å². The fourth-order valence-electron chi connectivity index (χ4n) is 5.16. The van der Waals surface area contributed by atoms with Crippen molar-refractivity contribution < 1.29 is 0 Å². The Kier molecular flexibility index (Phi) is 4.48. The number of rotatable bonds is 5. The summed E-state index contributed by atoms with van der Waals surface area (Å²) in [5.41, 5.74) is 0. The van der Waals surface area contributed by atoms with Crippen molar-refractivity contribution in [2.75, 3.05) is 20.1 Å². The van der Waals surface area contributed by atoms with Gasteiger partial charge in [-0.1, -0.05) is 19.8 Å². The fraction of sp³-hybridized carbons (Fsp3) is 1.00. The van der Waals surface area contributed by atoms with Crippen LogP contribution in [0, 0.1) is 17.8 Å². The molecule has 3 saturated carbocycles. The zero-order valence-corrected chi connectivity index (χ0v) is 12.9. The molecule has 5 atom stereocenters. The largest absolute Gasteiger partial charge is 0.314 e. The van der Waals surface area contributed by atoms with Gasteiger partial charge in [0.1, 0.15) is 0 Å². The molecule has 19 heavy (non-hydrogen) atoms. The van der Waals surface area contributed by atoms with Gasteiger partial charge in [-0.25, -0.2) is 0 Å². The molecule has 0 aromatic heterocycles. The first-order chi connectivity index (χ1) is 9.26. The second kappa shape index (κ2) is 6.13. The molecule has 3 fully saturated rings. The van der Waals surface area contributed by atoms with Gasteiger partial charge in [0.25, 0.3) is 0 Å². The normalized spacial score (nSPS) is 42.2. The van der Waals surface area contributed by atoms with Crippen molar-refractivity contribution in [2.24, 2.45) is 17.8 Å². The zero-order chi connectivity index (χ0) is 13.2. The lowest BCUT2D eigenvalue weighted by molar-refractivity contribution is 0.131. The van der Waals surface area contributed by atoms with E-state index in [-0.39, 0.29) is 0 Å². The van der Waals surface area contributed by atoms with Gasteiger partial charge in [0, 0.05) is 18.6 Å². The molecule has 0 saturated heterocycles. The summed E-state index contributed by atoms with van der Waals surface area (Å²) in [6.07, 6.45) is 11.8. The Hall–Kier alpha value is -0.0800. The zero-order valence-electron chi connectivity index (χ0n) is 12.9. The van der Waals surface area contributed by atoms with Gasteiger partial charge in [-0.05, 0) is 69.9 Å². The first-order valence-electron chi connectivity index (χ1n) is 8.70. The minimum absolute atomic E-state index is 0.784. The molecule has 0 aromatic carbocycles. The molecule has 2 bridgehead atoms. The van der Waals surface area contributed by atoms with Gasteiger partial charge < -0.3 is 10.2 Å². The second-order valence-corrected chi connectivity index (χ2v) is 7.45. The van der Waals surface area contributed by atoms with E-state index in [1.807, 2.05) is 0 Å². The van der Waals surface area contributed by atoms with Gasteiger partial charge in [0.05, 0.1) is 0 Å². The quantitative estimate of drug-likeness (QED) is 0.820. The highest BCUT2D eigenvalue weighted by Crippen LogP contribution is 2.48. The van der Waals surface area contributed by atoms with Crippen LogP contribution in [0.2, 0.25) is 0 Å². The third-order valence-electron chi connectivity index (χ3n) is 6.17. The van der Waals surface area contributed by atoms with Crippen molar-refractivity contribution in [3.05, 3.63) is 0 Å². The summed E-state index contributed by atoms with van der Waals surface area (Å²) in [6.45, 7) is 4.75. The van der Waals surface area contributed by atoms with Crippen LogP contribution < -0.4 is 5.32 Å². The Morgan fingerprint density at radius 2 is 1.95 bits per heavy atom. The molecule has 110 valence electrons. The predicted octanol–water partition coefficient (Wildman–Crippen LogP) is 3.28. The molecule has 3 rings (SSSR count). The molecule has 2 heteroatoms. The van der Waals surface area contributed by atoms with Crippen LogP contribution in [-0.2, 0) is 0 Å². The molecule has 0 aromatic rings. The number of nitrogens with one attached hydrogen (secondary N) is 1. The summed E-state index contributed by atoms with van der Waals surface area (Å²) in [6, 6.07) is 1.63. The van der Waals surface area contributed by atoms with Crippen LogP contribution in [0.15, 0.2) is 0 Å². The van der Waals surface area contributed by atoms with E-state index in [2.05, 4.69) is 24.2 Å². The molecule has 1 N–H and O–H groups in total. The van der Waals surface area contributed by atoms with Crippen LogP contribution in [0.25, 0.3) is 0 Å². The molecule has 0 amide bonds. The van der Waals surface area contributed by atoms with Gasteiger partial charge in [-0.2, -0.15) is 0 Å². The molecule has 0 radical (unpaired) electrons. The SMILES string of the molecule is CCNC1CCCC(N(C)CC2CC3CCC2C3)C1. The summed E-state index contributed by atoms with van der Waals surface area (Å²) < 4.78 is 0. The second-order valence-electron chi connectivity index (χ2n) is 7.45. The van der Waals surface area contributed by atoms with Crippen molar-refractivity contribution >= 4 is 0 Å². The molecule has 2 nitrogen and oxygen atoms in total. The van der Waals surface area contributed by atoms with Crippen LogP contribution >= 0.6 is 0 Å². The van der Waals surface area contributed by atoms with Crippen molar-refractivity contribution in [2.45, 2.75) is 70.4 Å². The molecular weight excluding hydrogens is 232 g/mol. The van der Waals surface area contributed by atoms with Crippen LogP contribution in [-0.4, -0.2) is 37.1 Å². The summed E-state index contributed by atoms with van der Waals surface area (Å²) in [4.78, 5) is 2.72. The van der Waals surface area contributed by atoms with Gasteiger partial charge in [0.15, 0.2) is 0 Å². The van der Waals surface area contributed by atoms with Gasteiger partial charge in [-0.3, -0.25) is 0 Å². The van der Waals surface area contributed by atoms with Crippen molar-refractivity contribution in [3.8, 4) is 0 Å². The van der Waals surface area contributed by atoms with E-state index < -0.39 is 0 Å². The van der Waals surface area contributed by atoms with Gasteiger partial charge >= 0.3 is 0 Å². The summed E-state index contributed by atoms with van der Waals surface area (Å²) >= 11 is 0. The van der Waals surface area contributed by atoms with Crippen LogP contribution in [0.4, 0.5) is 0 Å². The first kappa shape index (κ1) is 13.9. The topological polar surface area (TPSA) is 15.3 Å². The minimum Gasteiger partial charge on any atom is -0.314 e. The Morgan fingerprint density at radius 3 is 2.63 bits per heavy atom. The highest BCUT2D eigenvalue weighted by atomic mass is 15.1. The van der Waals surface area contributed by atoms with Crippen LogP contribution in [0.1, 0.15) is 58.3 Å². The Labute approximate surface area is 119 Å². The highest BCUT2D eigenvalue weighted by molar-refractivity contribution is 4.92. The lowest BCUT2D eigenvalue weighted by Gasteiger charge is -2.38. The fourth-order valence-corrected chi connectivity index (χ4v) is 5.16. The average Bonchev–Trinajstić information content (AvgIpc) is 3.02. The summed E-state index contributed by atoms with van der Waals surface area (Å²) in [7, 11) is 2.39. The summed E-state index contributed by atoms with van der Waals surface area (Å²) in [5.74, 6) is 3.22. The number of hydrogen-bond acceptors (Lipinski definition) is 2. The summed E-state index contributed by atoms with van der Waals surface area (Å²) in [5, 5.41) is 3.66. The molecule has 0 spiro atoms. The maximum atomic E-state index is 3.66. The lowest BCUT2D eigenvalue weighted by atomic mass is 9.86. The molecule has 0 heterocycles. The maximum absolute atomic E-state index is 3.66. The monoisotopic (exact) mass is 264 g/mol. The number of fused-ring (bicyclic) bond motifs is 2.